The molecule has 0 fully saturated rings. The number of carbonyl (C=O) groups is 3. The normalized spacial score (nSPS) is 13.1. The van der Waals surface area contributed by atoms with Gasteiger partial charge in [0.05, 0.1) is 13.0 Å². The van der Waals surface area contributed by atoms with Crippen LogP contribution in [0.15, 0.2) is 48.5 Å². The first-order valence-electron chi connectivity index (χ1n) is 10.1. The maximum Gasteiger partial charge on any atom is 0.407 e. The van der Waals surface area contributed by atoms with Crippen molar-refractivity contribution < 1.29 is 29.0 Å². The quantitative estimate of drug-likeness (QED) is 0.503. The summed E-state index contributed by atoms with van der Waals surface area (Å²) in [6.45, 7) is 1.94. The van der Waals surface area contributed by atoms with E-state index in [0.29, 0.717) is 0 Å². The second-order valence-electron chi connectivity index (χ2n) is 7.37. The smallest absolute Gasteiger partial charge is 0.407 e. The Hall–Kier alpha value is -3.39. The molecule has 0 radical (unpaired) electrons. The fourth-order valence-electron chi connectivity index (χ4n) is 3.67. The van der Waals surface area contributed by atoms with Gasteiger partial charge in [0.15, 0.2) is 0 Å². The first-order chi connectivity index (χ1) is 15.0. The van der Waals surface area contributed by atoms with Gasteiger partial charge in [-0.25, -0.2) is 4.79 Å². The van der Waals surface area contributed by atoms with E-state index in [1.165, 1.54) is 0 Å². The van der Waals surface area contributed by atoms with Crippen LogP contribution >= 0.6 is 0 Å². The van der Waals surface area contributed by atoms with Crippen molar-refractivity contribution in [2.45, 2.75) is 25.3 Å². The molecule has 164 valence electrons. The third-order valence-corrected chi connectivity index (χ3v) is 4.98. The highest BCUT2D eigenvalue weighted by Gasteiger charge is 2.28. The van der Waals surface area contributed by atoms with Gasteiger partial charge in [0, 0.05) is 18.5 Å². The van der Waals surface area contributed by atoms with Crippen LogP contribution in [0.4, 0.5) is 4.79 Å². The number of carboxylic acid groups (broad SMARTS) is 1. The molecule has 8 nitrogen and oxygen atoms in total. The van der Waals surface area contributed by atoms with Crippen LogP contribution in [0, 0.1) is 0 Å². The zero-order chi connectivity index (χ0) is 22.2. The molecule has 0 aliphatic heterocycles. The Morgan fingerprint density at radius 2 is 1.65 bits per heavy atom. The van der Waals surface area contributed by atoms with Gasteiger partial charge >= 0.3 is 12.1 Å². The molecular formula is C23H26N2O6. The van der Waals surface area contributed by atoms with Crippen LogP contribution in [0.25, 0.3) is 11.1 Å². The molecule has 1 aliphatic rings. The Morgan fingerprint density at radius 1 is 1.03 bits per heavy atom. The van der Waals surface area contributed by atoms with Crippen molar-refractivity contribution in [1.29, 1.82) is 0 Å². The highest BCUT2D eigenvalue weighted by Crippen LogP contribution is 2.44. The highest BCUT2D eigenvalue weighted by atomic mass is 16.5. The molecule has 0 saturated heterocycles. The predicted octanol–water partition coefficient (Wildman–Crippen LogP) is 2.52. The molecule has 2 aromatic rings. The van der Waals surface area contributed by atoms with Crippen LogP contribution in [0.1, 0.15) is 30.4 Å². The largest absolute Gasteiger partial charge is 0.481 e. The summed E-state index contributed by atoms with van der Waals surface area (Å²) in [5.41, 5.74) is 4.61. The predicted molar refractivity (Wildman–Crippen MR) is 114 cm³/mol. The first-order valence-corrected chi connectivity index (χ1v) is 10.1. The molecule has 2 amide bonds. The number of hydrogen-bond acceptors (Lipinski definition) is 5. The van der Waals surface area contributed by atoms with Gasteiger partial charge in [0.1, 0.15) is 13.2 Å². The van der Waals surface area contributed by atoms with Crippen LogP contribution in [0.5, 0.6) is 0 Å². The lowest BCUT2D eigenvalue weighted by molar-refractivity contribution is -0.137. The number of amides is 2. The van der Waals surface area contributed by atoms with Gasteiger partial charge in [0.25, 0.3) is 0 Å². The number of fused-ring (bicyclic) bond motifs is 3. The maximum atomic E-state index is 12.0. The molecule has 3 rings (SSSR count). The minimum atomic E-state index is -0.985. The number of benzene rings is 2. The van der Waals surface area contributed by atoms with Gasteiger partial charge in [-0.05, 0) is 29.2 Å². The van der Waals surface area contributed by atoms with Crippen molar-refractivity contribution in [3.8, 4) is 11.1 Å². The van der Waals surface area contributed by atoms with Crippen molar-refractivity contribution in [3.05, 3.63) is 59.7 Å². The average molecular weight is 426 g/mol. The Labute approximate surface area is 180 Å². The minimum absolute atomic E-state index is 0.00844. The van der Waals surface area contributed by atoms with Gasteiger partial charge in [-0.2, -0.15) is 0 Å². The monoisotopic (exact) mass is 426 g/mol. The van der Waals surface area contributed by atoms with E-state index in [2.05, 4.69) is 34.9 Å². The number of carbonyl (C=O) groups excluding carboxylic acids is 2. The van der Waals surface area contributed by atoms with Gasteiger partial charge in [-0.1, -0.05) is 48.5 Å². The van der Waals surface area contributed by atoms with E-state index >= 15 is 0 Å². The topological polar surface area (TPSA) is 114 Å². The fourth-order valence-corrected chi connectivity index (χ4v) is 3.67. The second kappa shape index (κ2) is 10.6. The zero-order valence-electron chi connectivity index (χ0n) is 17.3. The van der Waals surface area contributed by atoms with Crippen LogP contribution < -0.4 is 10.6 Å². The molecule has 3 N–H and O–H groups in total. The lowest BCUT2D eigenvalue weighted by Gasteiger charge is -2.15. The summed E-state index contributed by atoms with van der Waals surface area (Å²) in [6, 6.07) is 15.7. The summed E-state index contributed by atoms with van der Waals surface area (Å²) >= 11 is 0. The van der Waals surface area contributed by atoms with Gasteiger partial charge in [0.2, 0.25) is 5.91 Å². The number of carboxylic acids is 1. The molecular weight excluding hydrogens is 400 g/mol. The zero-order valence-corrected chi connectivity index (χ0v) is 17.3. The van der Waals surface area contributed by atoms with E-state index in [1.807, 2.05) is 24.3 Å². The van der Waals surface area contributed by atoms with E-state index in [4.69, 9.17) is 14.6 Å². The highest BCUT2D eigenvalue weighted by molar-refractivity contribution is 5.79. The lowest BCUT2D eigenvalue weighted by atomic mass is 9.98. The molecule has 2 aromatic carbocycles. The molecule has 0 bridgehead atoms. The second-order valence-corrected chi connectivity index (χ2v) is 7.37. The number of nitrogens with one attached hydrogen (secondary N) is 2. The number of rotatable bonds is 10. The first kappa shape index (κ1) is 22.3. The summed E-state index contributed by atoms with van der Waals surface area (Å²) in [5.74, 6) is -1.40. The SMILES string of the molecule is C[C@H](CC(=O)O)NC(=O)COCCNC(=O)OCC1c2ccccc2-c2ccccc21. The van der Waals surface area contributed by atoms with Crippen molar-refractivity contribution in [2.24, 2.45) is 0 Å². The van der Waals surface area contributed by atoms with Gasteiger partial charge < -0.3 is 25.2 Å². The average Bonchev–Trinajstić information content (AvgIpc) is 3.05. The standard InChI is InChI=1S/C23H26N2O6/c1-15(12-22(27)28)25-21(26)14-30-11-10-24-23(29)31-13-20-18-8-4-2-6-16(18)17-7-3-5-9-19(17)20/h2-9,15,20H,10-14H2,1H3,(H,24,29)(H,25,26)(H,27,28)/t15-/m1/s1. The van der Waals surface area contributed by atoms with Crippen molar-refractivity contribution in [1.82, 2.24) is 10.6 Å². The van der Waals surface area contributed by atoms with E-state index in [0.717, 1.165) is 22.3 Å². The van der Waals surface area contributed by atoms with Gasteiger partial charge in [-0.15, -0.1) is 0 Å². The molecule has 8 heteroatoms. The van der Waals surface area contributed by atoms with Crippen LogP contribution in [0.2, 0.25) is 0 Å². The molecule has 0 spiro atoms. The number of aliphatic carboxylic acids is 1. The van der Waals surface area contributed by atoms with Crippen molar-refractivity contribution >= 4 is 18.0 Å². The Balaban J connectivity index is 1.37. The molecule has 0 heterocycles. The van der Waals surface area contributed by atoms with E-state index in [-0.39, 0.29) is 38.7 Å². The summed E-state index contributed by atoms with van der Waals surface area (Å²) < 4.78 is 10.6. The fraction of sp³-hybridized carbons (Fsp3) is 0.348. The van der Waals surface area contributed by atoms with Crippen LogP contribution in [-0.2, 0) is 19.1 Å². The number of ether oxygens (including phenoxy) is 2. The molecule has 1 aliphatic carbocycles. The molecule has 0 saturated carbocycles. The van der Waals surface area contributed by atoms with Crippen molar-refractivity contribution in [2.75, 3.05) is 26.4 Å². The van der Waals surface area contributed by atoms with Crippen molar-refractivity contribution in [3.63, 3.8) is 0 Å². The third kappa shape index (κ3) is 6.05. The van der Waals surface area contributed by atoms with E-state index in [9.17, 15) is 14.4 Å². The number of alkyl carbamates (subject to hydrolysis) is 1. The lowest BCUT2D eigenvalue weighted by Crippen LogP contribution is -2.37. The van der Waals surface area contributed by atoms with Gasteiger partial charge in [-0.3, -0.25) is 9.59 Å². The Morgan fingerprint density at radius 3 is 2.26 bits per heavy atom. The third-order valence-electron chi connectivity index (χ3n) is 4.98. The van der Waals surface area contributed by atoms with Crippen LogP contribution in [0.3, 0.4) is 0 Å². The Bertz CT molecular complexity index is 900. The maximum absolute atomic E-state index is 12.0. The van der Waals surface area contributed by atoms with E-state index < -0.39 is 24.0 Å². The molecule has 1 atom stereocenters. The summed E-state index contributed by atoms with van der Waals surface area (Å²) in [7, 11) is 0. The molecule has 0 unspecified atom stereocenters. The summed E-state index contributed by atoms with van der Waals surface area (Å²) in [6.07, 6.45) is -0.709. The number of hydrogen-bond donors (Lipinski definition) is 3. The summed E-state index contributed by atoms with van der Waals surface area (Å²) in [5, 5.41) is 13.8. The minimum Gasteiger partial charge on any atom is -0.481 e. The van der Waals surface area contributed by atoms with Crippen LogP contribution in [-0.4, -0.2) is 55.5 Å². The molecule has 31 heavy (non-hydrogen) atoms. The summed E-state index contributed by atoms with van der Waals surface area (Å²) in [4.78, 5) is 34.3. The molecule has 0 aromatic heterocycles. The van der Waals surface area contributed by atoms with E-state index in [1.54, 1.807) is 6.92 Å². The Kier molecular flexibility index (Phi) is 7.61.